The maximum absolute atomic E-state index is 12.7. The van der Waals surface area contributed by atoms with Crippen molar-refractivity contribution in [2.24, 2.45) is 0 Å². The van der Waals surface area contributed by atoms with Crippen LogP contribution in [0.2, 0.25) is 0 Å². The molecule has 0 aliphatic heterocycles. The molecular formula is C31H28N2O5S2. The third-order valence-electron chi connectivity index (χ3n) is 7.27. The van der Waals surface area contributed by atoms with Gasteiger partial charge in [-0.15, -0.1) is 0 Å². The van der Waals surface area contributed by atoms with Crippen molar-refractivity contribution in [2.45, 2.75) is 23.5 Å². The third-order valence-corrected chi connectivity index (χ3v) is 10.5. The molecule has 2 aromatic heterocycles. The SMILES string of the molecule is CC(C)(c1cc(-c2cccc(-c3cc(-c4cccc(S(C)(=O)=O)c4)c[n+]([O-])c3)c2)c2ncccc2c1)S(C)(=O)=O. The van der Waals surface area contributed by atoms with E-state index in [9.17, 15) is 22.0 Å². The summed E-state index contributed by atoms with van der Waals surface area (Å²) in [5.41, 5.74) is 5.57. The van der Waals surface area contributed by atoms with Crippen molar-refractivity contribution in [3.8, 4) is 33.4 Å². The van der Waals surface area contributed by atoms with Gasteiger partial charge in [0.15, 0.2) is 32.1 Å². The van der Waals surface area contributed by atoms with E-state index in [1.54, 1.807) is 38.2 Å². The zero-order valence-electron chi connectivity index (χ0n) is 22.5. The van der Waals surface area contributed by atoms with E-state index >= 15 is 0 Å². The molecular weight excluding hydrogens is 544 g/mol. The Morgan fingerprint density at radius 3 is 1.98 bits per heavy atom. The summed E-state index contributed by atoms with van der Waals surface area (Å²) in [6, 6.07) is 23.4. The van der Waals surface area contributed by atoms with Crippen LogP contribution in [0.15, 0.2) is 102 Å². The molecule has 0 radical (unpaired) electrons. The molecule has 0 N–H and O–H groups in total. The van der Waals surface area contributed by atoms with Crippen molar-refractivity contribution in [3.05, 3.63) is 108 Å². The van der Waals surface area contributed by atoms with Crippen molar-refractivity contribution in [2.75, 3.05) is 12.5 Å². The highest BCUT2D eigenvalue weighted by Crippen LogP contribution is 2.37. The van der Waals surface area contributed by atoms with Gasteiger partial charge in [0.2, 0.25) is 0 Å². The highest BCUT2D eigenvalue weighted by molar-refractivity contribution is 7.91. The Bertz CT molecular complexity index is 2000. The Balaban J connectivity index is 1.66. The van der Waals surface area contributed by atoms with Gasteiger partial charge in [-0.3, -0.25) is 4.98 Å². The van der Waals surface area contributed by atoms with Crippen LogP contribution in [0.5, 0.6) is 0 Å². The van der Waals surface area contributed by atoms with Crippen molar-refractivity contribution in [1.82, 2.24) is 4.98 Å². The molecule has 0 bridgehead atoms. The van der Waals surface area contributed by atoms with Gasteiger partial charge < -0.3 is 5.21 Å². The summed E-state index contributed by atoms with van der Waals surface area (Å²) < 4.78 is 49.0. The van der Waals surface area contributed by atoms with Crippen LogP contribution in [0, 0.1) is 5.21 Å². The van der Waals surface area contributed by atoms with E-state index in [4.69, 9.17) is 0 Å². The van der Waals surface area contributed by atoms with Crippen LogP contribution < -0.4 is 4.73 Å². The molecule has 5 aromatic rings. The van der Waals surface area contributed by atoms with Crippen molar-refractivity contribution < 1.29 is 21.6 Å². The molecule has 0 aliphatic carbocycles. The highest BCUT2D eigenvalue weighted by Gasteiger charge is 2.33. The van der Waals surface area contributed by atoms with Gasteiger partial charge in [0, 0.05) is 40.8 Å². The van der Waals surface area contributed by atoms with Gasteiger partial charge >= 0.3 is 0 Å². The lowest BCUT2D eigenvalue weighted by Crippen LogP contribution is -2.28. The topological polar surface area (TPSA) is 108 Å². The standard InChI is InChI=1S/C31H28N2O5S2/c1-31(2,40(4,37)38)27-16-24-11-7-13-32-30(24)29(18-27)23-10-5-8-21(14-23)25-15-26(20-33(34)19-25)22-9-6-12-28(17-22)39(3,35)36/h5-20H,1-4H3. The zero-order chi connectivity index (χ0) is 28.9. The maximum atomic E-state index is 12.7. The molecule has 0 aliphatic rings. The van der Waals surface area contributed by atoms with Gasteiger partial charge in [-0.25, -0.2) is 16.8 Å². The number of nitrogens with zero attached hydrogens (tertiary/aromatic N) is 2. The molecule has 9 heteroatoms. The Morgan fingerprint density at radius 1 is 0.725 bits per heavy atom. The average molecular weight is 573 g/mol. The lowest BCUT2D eigenvalue weighted by molar-refractivity contribution is -0.604. The van der Waals surface area contributed by atoms with Crippen LogP contribution in [-0.4, -0.2) is 34.3 Å². The van der Waals surface area contributed by atoms with Crippen LogP contribution in [0.3, 0.4) is 0 Å². The molecule has 0 amide bonds. The minimum absolute atomic E-state index is 0.172. The Hall–Kier alpha value is -4.08. The molecule has 3 aromatic carbocycles. The molecule has 5 rings (SSSR count). The Kier molecular flexibility index (Phi) is 6.76. The quantitative estimate of drug-likeness (QED) is 0.195. The summed E-state index contributed by atoms with van der Waals surface area (Å²) in [6.07, 6.45) is 6.95. The number of hydrogen-bond acceptors (Lipinski definition) is 6. The summed E-state index contributed by atoms with van der Waals surface area (Å²) >= 11 is 0. The summed E-state index contributed by atoms with van der Waals surface area (Å²) in [6.45, 7) is 3.38. The first-order valence-electron chi connectivity index (χ1n) is 12.5. The fourth-order valence-electron chi connectivity index (χ4n) is 4.62. The lowest BCUT2D eigenvalue weighted by Gasteiger charge is -2.24. The molecule has 40 heavy (non-hydrogen) atoms. The van der Waals surface area contributed by atoms with Gasteiger partial charge in [0.1, 0.15) is 0 Å². The van der Waals surface area contributed by atoms with Crippen LogP contribution in [0.1, 0.15) is 19.4 Å². The van der Waals surface area contributed by atoms with E-state index in [1.165, 1.54) is 24.7 Å². The third kappa shape index (κ3) is 5.22. The van der Waals surface area contributed by atoms with Crippen molar-refractivity contribution in [3.63, 3.8) is 0 Å². The second kappa shape index (κ2) is 9.83. The molecule has 0 unspecified atom stereocenters. The fraction of sp³-hybridized carbons (Fsp3) is 0.161. The van der Waals surface area contributed by atoms with E-state index < -0.39 is 24.4 Å². The zero-order valence-corrected chi connectivity index (χ0v) is 24.1. The first-order valence-corrected chi connectivity index (χ1v) is 16.3. The van der Waals surface area contributed by atoms with E-state index in [1.807, 2.05) is 54.6 Å². The van der Waals surface area contributed by atoms with E-state index in [2.05, 4.69) is 4.98 Å². The predicted molar refractivity (Wildman–Crippen MR) is 158 cm³/mol. The number of benzene rings is 3. The Morgan fingerprint density at radius 2 is 1.32 bits per heavy atom. The lowest BCUT2D eigenvalue weighted by atomic mass is 9.92. The molecule has 0 fully saturated rings. The van der Waals surface area contributed by atoms with Crippen molar-refractivity contribution >= 4 is 30.6 Å². The van der Waals surface area contributed by atoms with Gasteiger partial charge in [-0.1, -0.05) is 36.4 Å². The molecule has 0 saturated carbocycles. The number of rotatable bonds is 6. The fourth-order valence-corrected chi connectivity index (χ4v) is 5.83. The molecule has 7 nitrogen and oxygen atoms in total. The normalized spacial score (nSPS) is 12.5. The molecule has 0 saturated heterocycles. The number of sulfone groups is 2. The second-order valence-corrected chi connectivity index (χ2v) is 15.0. The van der Waals surface area contributed by atoms with Gasteiger partial charge in [-0.05, 0) is 78.6 Å². The van der Waals surface area contributed by atoms with Gasteiger partial charge in [-0.2, -0.15) is 4.73 Å². The number of hydrogen-bond donors (Lipinski definition) is 0. The smallest absolute Gasteiger partial charge is 0.188 e. The number of fused-ring (bicyclic) bond motifs is 1. The van der Waals surface area contributed by atoms with Crippen LogP contribution in [0.4, 0.5) is 0 Å². The summed E-state index contributed by atoms with van der Waals surface area (Å²) in [5.74, 6) is 0. The highest BCUT2D eigenvalue weighted by atomic mass is 32.2. The molecule has 2 heterocycles. The Labute approximate surface area is 234 Å². The summed E-state index contributed by atoms with van der Waals surface area (Å²) in [4.78, 5) is 4.76. The van der Waals surface area contributed by atoms with Crippen LogP contribution >= 0.6 is 0 Å². The largest absolute Gasteiger partial charge is 0.619 e. The van der Waals surface area contributed by atoms with Crippen LogP contribution in [-0.2, 0) is 24.4 Å². The molecule has 204 valence electrons. The number of pyridine rings is 2. The predicted octanol–water partition coefficient (Wildman–Crippen LogP) is 5.55. The second-order valence-electron chi connectivity index (χ2n) is 10.4. The minimum Gasteiger partial charge on any atom is -0.619 e. The van der Waals surface area contributed by atoms with E-state index in [0.29, 0.717) is 27.0 Å². The monoisotopic (exact) mass is 572 g/mol. The minimum atomic E-state index is -3.42. The molecule has 0 spiro atoms. The molecule has 0 atom stereocenters. The average Bonchev–Trinajstić information content (AvgIpc) is 2.91. The number of aromatic nitrogens is 2. The van der Waals surface area contributed by atoms with Crippen molar-refractivity contribution in [1.29, 1.82) is 0 Å². The maximum Gasteiger partial charge on any atom is 0.188 e. The van der Waals surface area contributed by atoms with E-state index in [-0.39, 0.29) is 4.90 Å². The first-order chi connectivity index (χ1) is 18.7. The van der Waals surface area contributed by atoms with Gasteiger partial charge in [0.05, 0.1) is 15.2 Å². The van der Waals surface area contributed by atoms with Crippen LogP contribution in [0.25, 0.3) is 44.3 Å². The first kappa shape index (κ1) is 27.5. The summed E-state index contributed by atoms with van der Waals surface area (Å²) in [5, 5.41) is 13.5. The van der Waals surface area contributed by atoms with E-state index in [0.717, 1.165) is 33.8 Å². The summed E-state index contributed by atoms with van der Waals surface area (Å²) in [7, 11) is -6.83. The van der Waals surface area contributed by atoms with Gasteiger partial charge in [0.25, 0.3) is 0 Å².